The van der Waals surface area contributed by atoms with E-state index < -0.39 is 0 Å². The molecule has 1 amide bonds. The van der Waals surface area contributed by atoms with Gasteiger partial charge in [-0.05, 0) is 22.6 Å². The monoisotopic (exact) mass is 442 g/mol. The lowest BCUT2D eigenvalue weighted by Gasteiger charge is -2.34. The number of amides is 1. The van der Waals surface area contributed by atoms with Crippen molar-refractivity contribution >= 4 is 17.2 Å². The van der Waals surface area contributed by atoms with Crippen LogP contribution in [-0.2, 0) is 13.0 Å². The highest BCUT2D eigenvalue weighted by Crippen LogP contribution is 2.40. The third kappa shape index (κ3) is 3.41. The molecular weight excluding hydrogens is 420 g/mol. The van der Waals surface area contributed by atoms with E-state index in [0.29, 0.717) is 18.8 Å². The van der Waals surface area contributed by atoms with Gasteiger partial charge in [-0.25, -0.2) is 4.98 Å². The molecule has 8 heteroatoms. The quantitative estimate of drug-likeness (QED) is 0.461. The Morgan fingerprint density at radius 3 is 2.81 bits per heavy atom. The van der Waals surface area contributed by atoms with Crippen LogP contribution in [0.5, 0.6) is 0 Å². The molecule has 1 aliphatic heterocycles. The number of carbonyl (C=O) groups excluding carboxylic acids is 1. The molecule has 32 heavy (non-hydrogen) atoms. The second kappa shape index (κ2) is 7.96. The van der Waals surface area contributed by atoms with Gasteiger partial charge in [0.2, 0.25) is 0 Å². The number of H-pyrrole nitrogens is 1. The number of thiophene rings is 1. The Labute approximate surface area is 189 Å². The first-order valence-electron chi connectivity index (χ1n) is 10.8. The minimum absolute atomic E-state index is 0.0357. The third-order valence-electron chi connectivity index (χ3n) is 6.32. The molecule has 1 aromatic carbocycles. The third-order valence-corrected chi connectivity index (χ3v) is 7.00. The summed E-state index contributed by atoms with van der Waals surface area (Å²) in [4.78, 5) is 25.0. The predicted octanol–water partition coefficient (Wildman–Crippen LogP) is 3.46. The highest BCUT2D eigenvalue weighted by Gasteiger charge is 2.26. The van der Waals surface area contributed by atoms with Gasteiger partial charge >= 0.3 is 0 Å². The molecule has 1 saturated heterocycles. The smallest absolute Gasteiger partial charge is 0.274 e. The Bertz CT molecular complexity index is 1260. The van der Waals surface area contributed by atoms with Gasteiger partial charge < -0.3 is 4.90 Å². The Morgan fingerprint density at radius 1 is 1.12 bits per heavy atom. The van der Waals surface area contributed by atoms with Crippen molar-refractivity contribution in [2.24, 2.45) is 0 Å². The van der Waals surface area contributed by atoms with E-state index in [2.05, 4.69) is 60.1 Å². The topological polar surface area (TPSA) is 78.0 Å². The van der Waals surface area contributed by atoms with Gasteiger partial charge in [0, 0.05) is 73.6 Å². The number of aromatic amines is 1. The fraction of sp³-hybridized carbons (Fsp3) is 0.250. The molecule has 7 nitrogen and oxygen atoms in total. The van der Waals surface area contributed by atoms with Gasteiger partial charge in [-0.2, -0.15) is 16.4 Å². The van der Waals surface area contributed by atoms with Gasteiger partial charge in [0.05, 0.1) is 17.6 Å². The minimum Gasteiger partial charge on any atom is -0.335 e. The van der Waals surface area contributed by atoms with Crippen molar-refractivity contribution in [3.05, 3.63) is 76.0 Å². The molecule has 0 atom stereocenters. The van der Waals surface area contributed by atoms with Crippen molar-refractivity contribution < 1.29 is 4.79 Å². The highest BCUT2D eigenvalue weighted by atomic mass is 32.1. The fourth-order valence-corrected chi connectivity index (χ4v) is 5.30. The molecule has 160 valence electrons. The molecule has 4 aromatic rings. The van der Waals surface area contributed by atoms with Crippen LogP contribution in [0.2, 0.25) is 0 Å². The first-order valence-corrected chi connectivity index (χ1v) is 11.7. The van der Waals surface area contributed by atoms with Gasteiger partial charge in [0.1, 0.15) is 5.69 Å². The molecule has 0 unspecified atom stereocenters. The summed E-state index contributed by atoms with van der Waals surface area (Å²) in [5.74, 6) is -0.0357. The number of carbonyl (C=O) groups is 1. The van der Waals surface area contributed by atoms with Crippen LogP contribution < -0.4 is 0 Å². The Morgan fingerprint density at radius 2 is 2.03 bits per heavy atom. The summed E-state index contributed by atoms with van der Waals surface area (Å²) in [7, 11) is 0. The van der Waals surface area contributed by atoms with E-state index in [0.717, 1.165) is 37.4 Å². The summed E-state index contributed by atoms with van der Waals surface area (Å²) in [6.45, 7) is 4.02. The SMILES string of the molecule is O=C(c1cnccn1)N1CCN(Cc2ccc3c(c2)Cc2c(-c4ccsc4)n[nH]c2-3)CC1. The lowest BCUT2D eigenvalue weighted by molar-refractivity contribution is 0.0622. The van der Waals surface area contributed by atoms with E-state index in [-0.39, 0.29) is 5.91 Å². The lowest BCUT2D eigenvalue weighted by Crippen LogP contribution is -2.48. The number of nitrogens with zero attached hydrogens (tertiary/aromatic N) is 5. The van der Waals surface area contributed by atoms with Crippen LogP contribution in [0.1, 0.15) is 27.2 Å². The second-order valence-corrected chi connectivity index (χ2v) is 9.05. The maximum absolute atomic E-state index is 12.6. The van der Waals surface area contributed by atoms with Crippen molar-refractivity contribution in [2.75, 3.05) is 26.2 Å². The zero-order valence-corrected chi connectivity index (χ0v) is 18.3. The van der Waals surface area contributed by atoms with Crippen LogP contribution in [0.25, 0.3) is 22.5 Å². The van der Waals surface area contributed by atoms with E-state index in [1.54, 1.807) is 23.7 Å². The molecule has 0 saturated carbocycles. The van der Waals surface area contributed by atoms with E-state index >= 15 is 0 Å². The number of rotatable bonds is 4. The number of hydrogen-bond donors (Lipinski definition) is 1. The van der Waals surface area contributed by atoms with Crippen molar-refractivity contribution in [3.8, 4) is 22.5 Å². The molecule has 3 aromatic heterocycles. The van der Waals surface area contributed by atoms with Gasteiger partial charge in [-0.15, -0.1) is 0 Å². The molecule has 1 N–H and O–H groups in total. The van der Waals surface area contributed by atoms with Crippen LogP contribution in [0, 0.1) is 0 Å². The molecular formula is C24H22N6OS. The predicted molar refractivity (Wildman–Crippen MR) is 123 cm³/mol. The van der Waals surface area contributed by atoms with E-state index in [1.165, 1.54) is 34.0 Å². The lowest BCUT2D eigenvalue weighted by atomic mass is 10.0. The summed E-state index contributed by atoms with van der Waals surface area (Å²) in [5, 5.41) is 12.1. The van der Waals surface area contributed by atoms with Crippen LogP contribution in [0.15, 0.2) is 53.6 Å². The highest BCUT2D eigenvalue weighted by molar-refractivity contribution is 7.08. The summed E-state index contributed by atoms with van der Waals surface area (Å²) in [6, 6.07) is 8.90. The zero-order valence-electron chi connectivity index (χ0n) is 17.5. The van der Waals surface area contributed by atoms with Crippen molar-refractivity contribution in [3.63, 3.8) is 0 Å². The number of aromatic nitrogens is 4. The number of nitrogens with one attached hydrogen (secondary N) is 1. The number of benzene rings is 1. The first-order chi connectivity index (χ1) is 15.8. The Hall–Kier alpha value is -3.36. The molecule has 6 rings (SSSR count). The largest absolute Gasteiger partial charge is 0.335 e. The summed E-state index contributed by atoms with van der Waals surface area (Å²) < 4.78 is 0. The van der Waals surface area contributed by atoms with Crippen molar-refractivity contribution in [2.45, 2.75) is 13.0 Å². The van der Waals surface area contributed by atoms with Crippen LogP contribution in [0.3, 0.4) is 0 Å². The molecule has 1 fully saturated rings. The van der Waals surface area contributed by atoms with E-state index in [4.69, 9.17) is 0 Å². The van der Waals surface area contributed by atoms with Crippen molar-refractivity contribution in [1.29, 1.82) is 0 Å². The van der Waals surface area contributed by atoms with Crippen LogP contribution in [0.4, 0.5) is 0 Å². The minimum atomic E-state index is -0.0357. The van der Waals surface area contributed by atoms with Crippen LogP contribution >= 0.6 is 11.3 Å². The van der Waals surface area contributed by atoms with Crippen LogP contribution in [-0.4, -0.2) is 62.1 Å². The normalized spacial score (nSPS) is 15.6. The molecule has 0 radical (unpaired) electrons. The Kier molecular flexibility index (Phi) is 4.81. The number of piperazine rings is 1. The summed E-state index contributed by atoms with van der Waals surface area (Å²) in [6.07, 6.45) is 5.60. The van der Waals surface area contributed by atoms with Gasteiger partial charge in [-0.3, -0.25) is 19.8 Å². The first kappa shape index (κ1) is 19.3. The fourth-order valence-electron chi connectivity index (χ4n) is 4.66. The number of hydrogen-bond acceptors (Lipinski definition) is 6. The molecule has 2 aliphatic rings. The average Bonchev–Trinajstić information content (AvgIpc) is 3.56. The molecule has 1 aliphatic carbocycles. The molecule has 0 bridgehead atoms. The zero-order chi connectivity index (χ0) is 21.5. The molecule has 0 spiro atoms. The maximum atomic E-state index is 12.6. The average molecular weight is 443 g/mol. The summed E-state index contributed by atoms with van der Waals surface area (Å²) in [5.41, 5.74) is 9.07. The van der Waals surface area contributed by atoms with Gasteiger partial charge in [0.25, 0.3) is 5.91 Å². The van der Waals surface area contributed by atoms with E-state index in [9.17, 15) is 4.79 Å². The summed E-state index contributed by atoms with van der Waals surface area (Å²) >= 11 is 1.70. The Balaban J connectivity index is 1.12. The van der Waals surface area contributed by atoms with Crippen molar-refractivity contribution in [1.82, 2.24) is 30.0 Å². The number of fused-ring (bicyclic) bond motifs is 3. The molecule has 4 heterocycles. The second-order valence-electron chi connectivity index (χ2n) is 8.27. The maximum Gasteiger partial charge on any atom is 0.274 e. The van der Waals surface area contributed by atoms with E-state index in [1.807, 2.05) is 4.90 Å². The van der Waals surface area contributed by atoms with Gasteiger partial charge in [0.15, 0.2) is 0 Å². The van der Waals surface area contributed by atoms with Gasteiger partial charge in [-0.1, -0.05) is 18.2 Å². The standard InChI is InChI=1S/C24H22N6OS/c31-24(21-13-25-4-5-26-21)30-8-6-29(7-9-30)14-16-1-2-19-18(11-16)12-20-22(27-28-23(19)20)17-3-10-32-15-17/h1-5,10-11,13,15H,6-9,12,14H2,(H,27,28).